The Labute approximate surface area is 98.6 Å². The zero-order chi connectivity index (χ0) is 12.1. The molecule has 0 N–H and O–H groups in total. The smallest absolute Gasteiger partial charge is 0.299 e. The highest BCUT2D eigenvalue weighted by Crippen LogP contribution is 2.03. The number of rotatable bonds is 4. The molecule has 0 saturated heterocycles. The van der Waals surface area contributed by atoms with Gasteiger partial charge in [0, 0.05) is 30.9 Å². The molecule has 86 valence electrons. The fourth-order valence-corrected chi connectivity index (χ4v) is 1.55. The predicted octanol–water partition coefficient (Wildman–Crippen LogP) is 1.52. The molecule has 4 heteroatoms. The number of Topliss-reactive ketones (excluding diaryl/α,β-unsaturated/α-hetero) is 1. The maximum atomic E-state index is 11.8. The fraction of sp³-hybridized carbons (Fsp3) is 0.154. The van der Waals surface area contributed by atoms with Crippen LogP contribution in [0.2, 0.25) is 0 Å². The number of carbonyl (C=O) groups is 1. The van der Waals surface area contributed by atoms with Gasteiger partial charge in [-0.15, -0.1) is 0 Å². The second kappa shape index (κ2) is 5.21. The molecule has 2 aromatic rings. The van der Waals surface area contributed by atoms with Crippen molar-refractivity contribution in [2.75, 3.05) is 0 Å². The van der Waals surface area contributed by atoms with Crippen molar-refractivity contribution in [1.82, 2.24) is 9.55 Å². The van der Waals surface area contributed by atoms with Crippen molar-refractivity contribution in [3.8, 4) is 0 Å². The van der Waals surface area contributed by atoms with Crippen LogP contribution in [0.1, 0.15) is 16.8 Å². The van der Waals surface area contributed by atoms with Gasteiger partial charge in [0.1, 0.15) is 0 Å². The van der Waals surface area contributed by atoms with E-state index in [1.165, 1.54) is 10.8 Å². The number of aryl methyl sites for hydroxylation is 1. The van der Waals surface area contributed by atoms with E-state index in [2.05, 4.69) is 4.98 Å². The standard InChI is InChI=1S/C13H12N2O2/c16-12(11-5-2-1-3-6-11)7-10-15-9-4-8-14-13(15)17/h1-6,8-9H,7,10H2. The molecule has 0 aliphatic carbocycles. The number of nitrogens with zero attached hydrogens (tertiary/aromatic N) is 2. The second-order valence-corrected chi connectivity index (χ2v) is 3.63. The van der Waals surface area contributed by atoms with Crippen LogP contribution in [0.25, 0.3) is 0 Å². The number of benzene rings is 1. The Morgan fingerprint density at radius 3 is 2.65 bits per heavy atom. The summed E-state index contributed by atoms with van der Waals surface area (Å²) in [5, 5.41) is 0. The highest BCUT2D eigenvalue weighted by Gasteiger charge is 2.05. The van der Waals surface area contributed by atoms with Crippen LogP contribution in [0.3, 0.4) is 0 Å². The maximum Gasteiger partial charge on any atom is 0.347 e. The van der Waals surface area contributed by atoms with Crippen molar-refractivity contribution in [1.29, 1.82) is 0 Å². The summed E-state index contributed by atoms with van der Waals surface area (Å²) in [5.41, 5.74) is 0.345. The Balaban J connectivity index is 2.02. The van der Waals surface area contributed by atoms with Crippen molar-refractivity contribution < 1.29 is 4.79 Å². The minimum atomic E-state index is -0.326. The van der Waals surface area contributed by atoms with Gasteiger partial charge >= 0.3 is 5.69 Å². The van der Waals surface area contributed by atoms with Gasteiger partial charge in [0.2, 0.25) is 0 Å². The largest absolute Gasteiger partial charge is 0.347 e. The highest BCUT2D eigenvalue weighted by molar-refractivity contribution is 5.95. The molecule has 0 saturated carbocycles. The Bertz CT molecular complexity index is 561. The quantitative estimate of drug-likeness (QED) is 0.745. The number of hydrogen-bond acceptors (Lipinski definition) is 3. The molecule has 0 fully saturated rings. The number of ketones is 1. The zero-order valence-corrected chi connectivity index (χ0v) is 9.24. The third kappa shape index (κ3) is 2.87. The summed E-state index contributed by atoms with van der Waals surface area (Å²) in [6, 6.07) is 10.7. The van der Waals surface area contributed by atoms with Gasteiger partial charge < -0.3 is 0 Å². The normalized spacial score (nSPS) is 10.1. The van der Waals surface area contributed by atoms with Crippen molar-refractivity contribution >= 4 is 5.78 Å². The van der Waals surface area contributed by atoms with E-state index in [0.717, 1.165) is 0 Å². The maximum absolute atomic E-state index is 11.8. The van der Waals surface area contributed by atoms with E-state index in [1.54, 1.807) is 24.4 Å². The molecule has 0 aliphatic rings. The first-order chi connectivity index (χ1) is 8.27. The first kappa shape index (κ1) is 11.3. The molecule has 0 bridgehead atoms. The Kier molecular flexibility index (Phi) is 3.45. The highest BCUT2D eigenvalue weighted by atomic mass is 16.1. The lowest BCUT2D eigenvalue weighted by atomic mass is 10.1. The number of carbonyl (C=O) groups excluding carboxylic acids is 1. The van der Waals surface area contributed by atoms with Crippen molar-refractivity contribution in [3.63, 3.8) is 0 Å². The molecule has 0 unspecified atom stereocenters. The fourth-order valence-electron chi connectivity index (χ4n) is 1.55. The summed E-state index contributed by atoms with van der Waals surface area (Å²) in [6.45, 7) is 0.362. The molecule has 0 atom stereocenters. The van der Waals surface area contributed by atoms with Gasteiger partial charge in [0.25, 0.3) is 0 Å². The molecule has 0 radical (unpaired) electrons. The SMILES string of the molecule is O=C(CCn1cccnc1=O)c1ccccc1. The van der Waals surface area contributed by atoms with Gasteiger partial charge in [-0.05, 0) is 6.07 Å². The molecular formula is C13H12N2O2. The molecule has 1 aromatic carbocycles. The lowest BCUT2D eigenvalue weighted by Gasteiger charge is -2.03. The monoisotopic (exact) mass is 228 g/mol. The average molecular weight is 228 g/mol. The predicted molar refractivity (Wildman–Crippen MR) is 63.9 cm³/mol. The van der Waals surface area contributed by atoms with E-state index < -0.39 is 0 Å². The van der Waals surface area contributed by atoms with Crippen LogP contribution in [0.15, 0.2) is 53.6 Å². The van der Waals surface area contributed by atoms with Crippen LogP contribution >= 0.6 is 0 Å². The summed E-state index contributed by atoms with van der Waals surface area (Å²) >= 11 is 0. The number of hydrogen-bond donors (Lipinski definition) is 0. The van der Waals surface area contributed by atoms with E-state index in [-0.39, 0.29) is 11.5 Å². The molecule has 2 rings (SSSR count). The summed E-state index contributed by atoms with van der Waals surface area (Å²) in [5.74, 6) is 0.0290. The zero-order valence-electron chi connectivity index (χ0n) is 9.24. The third-order valence-electron chi connectivity index (χ3n) is 2.46. The summed E-state index contributed by atoms with van der Waals surface area (Å²) in [6.07, 6.45) is 3.38. The van der Waals surface area contributed by atoms with Gasteiger partial charge in [0.05, 0.1) is 0 Å². The third-order valence-corrected chi connectivity index (χ3v) is 2.46. The summed E-state index contributed by atoms with van der Waals surface area (Å²) in [7, 11) is 0. The van der Waals surface area contributed by atoms with Gasteiger partial charge in [-0.1, -0.05) is 30.3 Å². The van der Waals surface area contributed by atoms with Crippen LogP contribution in [0.5, 0.6) is 0 Å². The van der Waals surface area contributed by atoms with Crippen LogP contribution < -0.4 is 5.69 Å². The average Bonchev–Trinajstić information content (AvgIpc) is 2.38. The van der Waals surface area contributed by atoms with E-state index in [9.17, 15) is 9.59 Å². The number of aromatic nitrogens is 2. The molecular weight excluding hydrogens is 216 g/mol. The molecule has 0 spiro atoms. The van der Waals surface area contributed by atoms with E-state index in [1.807, 2.05) is 18.2 Å². The Hall–Kier alpha value is -2.23. The first-order valence-corrected chi connectivity index (χ1v) is 5.37. The van der Waals surface area contributed by atoms with Crippen molar-refractivity contribution in [3.05, 3.63) is 64.8 Å². The van der Waals surface area contributed by atoms with Crippen molar-refractivity contribution in [2.45, 2.75) is 13.0 Å². The second-order valence-electron chi connectivity index (χ2n) is 3.63. The molecule has 0 aliphatic heterocycles. The molecule has 0 amide bonds. The van der Waals surface area contributed by atoms with Crippen LogP contribution in [0.4, 0.5) is 0 Å². The molecule has 1 heterocycles. The summed E-state index contributed by atoms with van der Waals surface area (Å²) in [4.78, 5) is 26.7. The van der Waals surface area contributed by atoms with Crippen LogP contribution in [-0.2, 0) is 6.54 Å². The molecule has 4 nitrogen and oxygen atoms in total. The topological polar surface area (TPSA) is 52.0 Å². The molecule has 1 aromatic heterocycles. The minimum Gasteiger partial charge on any atom is -0.299 e. The van der Waals surface area contributed by atoms with Gasteiger partial charge in [-0.25, -0.2) is 9.78 Å². The van der Waals surface area contributed by atoms with Crippen LogP contribution in [-0.4, -0.2) is 15.3 Å². The summed E-state index contributed by atoms with van der Waals surface area (Å²) < 4.78 is 1.43. The van der Waals surface area contributed by atoms with E-state index >= 15 is 0 Å². The van der Waals surface area contributed by atoms with Gasteiger partial charge in [-0.2, -0.15) is 0 Å². The van der Waals surface area contributed by atoms with Gasteiger partial charge in [0.15, 0.2) is 5.78 Å². The Morgan fingerprint density at radius 1 is 1.18 bits per heavy atom. The van der Waals surface area contributed by atoms with E-state index in [0.29, 0.717) is 18.5 Å². The van der Waals surface area contributed by atoms with Crippen LogP contribution in [0, 0.1) is 0 Å². The Morgan fingerprint density at radius 2 is 1.94 bits per heavy atom. The minimum absolute atomic E-state index is 0.0290. The first-order valence-electron chi connectivity index (χ1n) is 5.37. The lowest BCUT2D eigenvalue weighted by molar-refractivity contribution is 0.0976. The van der Waals surface area contributed by atoms with Gasteiger partial charge in [-0.3, -0.25) is 9.36 Å². The molecule has 17 heavy (non-hydrogen) atoms. The van der Waals surface area contributed by atoms with E-state index in [4.69, 9.17) is 0 Å². The lowest BCUT2D eigenvalue weighted by Crippen LogP contribution is -2.22. The van der Waals surface area contributed by atoms with Crippen molar-refractivity contribution in [2.24, 2.45) is 0 Å².